The number of rotatable bonds is 5. The highest BCUT2D eigenvalue weighted by Gasteiger charge is 2.19. The van der Waals surface area contributed by atoms with Gasteiger partial charge in [0.15, 0.2) is 0 Å². The number of hydrogen-bond acceptors (Lipinski definition) is 2. The highest BCUT2D eigenvalue weighted by atomic mass is 16.3. The second-order valence-electron chi connectivity index (χ2n) is 5.00. The third-order valence-electron chi connectivity index (χ3n) is 3.56. The van der Waals surface area contributed by atoms with E-state index in [1.54, 1.807) is 6.26 Å². The summed E-state index contributed by atoms with van der Waals surface area (Å²) < 4.78 is 5.59. The Hall–Kier alpha value is -1.54. The minimum absolute atomic E-state index is 0.222. The Morgan fingerprint density at radius 3 is 2.53 bits per heavy atom. The molecule has 1 aromatic heterocycles. The van der Waals surface area contributed by atoms with Crippen molar-refractivity contribution >= 4 is 0 Å². The first kappa shape index (κ1) is 13.9. The summed E-state index contributed by atoms with van der Waals surface area (Å²) in [6.45, 7) is 9.52. The van der Waals surface area contributed by atoms with Gasteiger partial charge < -0.3 is 9.73 Å². The van der Waals surface area contributed by atoms with E-state index in [9.17, 15) is 0 Å². The molecule has 1 N–H and O–H groups in total. The molecule has 2 rings (SSSR count). The van der Waals surface area contributed by atoms with E-state index in [-0.39, 0.29) is 6.04 Å². The van der Waals surface area contributed by atoms with Crippen LogP contribution in [-0.4, -0.2) is 6.54 Å². The molecular formula is C17H23NO. The molecule has 0 saturated carbocycles. The Kier molecular flexibility index (Phi) is 4.43. The van der Waals surface area contributed by atoms with Crippen LogP contribution < -0.4 is 5.32 Å². The van der Waals surface area contributed by atoms with E-state index < -0.39 is 0 Å². The zero-order chi connectivity index (χ0) is 13.8. The summed E-state index contributed by atoms with van der Waals surface area (Å²) in [7, 11) is 0. The lowest BCUT2D eigenvalue weighted by Gasteiger charge is -2.21. The van der Waals surface area contributed by atoms with Gasteiger partial charge in [0.1, 0.15) is 5.76 Å². The maximum atomic E-state index is 5.59. The third kappa shape index (κ3) is 2.90. The van der Waals surface area contributed by atoms with Gasteiger partial charge in [0.25, 0.3) is 0 Å². The predicted molar refractivity (Wildman–Crippen MR) is 79.5 cm³/mol. The zero-order valence-electron chi connectivity index (χ0n) is 12.3. The molecule has 102 valence electrons. The van der Waals surface area contributed by atoms with Crippen molar-refractivity contribution in [3.05, 3.63) is 58.5 Å². The molecule has 0 radical (unpaired) electrons. The van der Waals surface area contributed by atoms with Crippen LogP contribution in [0.4, 0.5) is 0 Å². The quantitative estimate of drug-likeness (QED) is 0.870. The van der Waals surface area contributed by atoms with E-state index in [0.29, 0.717) is 0 Å². The Labute approximate surface area is 115 Å². The van der Waals surface area contributed by atoms with Gasteiger partial charge in [-0.15, -0.1) is 0 Å². The van der Waals surface area contributed by atoms with Crippen molar-refractivity contribution in [2.24, 2.45) is 0 Å². The van der Waals surface area contributed by atoms with Crippen molar-refractivity contribution in [2.45, 2.75) is 40.2 Å². The second kappa shape index (κ2) is 6.07. The Bertz CT molecular complexity index is 542. The summed E-state index contributed by atoms with van der Waals surface area (Å²) >= 11 is 0. The molecule has 1 heterocycles. The number of furan rings is 1. The van der Waals surface area contributed by atoms with Crippen molar-refractivity contribution < 1.29 is 4.42 Å². The van der Waals surface area contributed by atoms with Crippen LogP contribution in [0.3, 0.4) is 0 Å². The molecule has 0 bridgehead atoms. The third-order valence-corrected chi connectivity index (χ3v) is 3.56. The maximum absolute atomic E-state index is 5.59. The van der Waals surface area contributed by atoms with E-state index in [4.69, 9.17) is 4.42 Å². The monoisotopic (exact) mass is 257 g/mol. The van der Waals surface area contributed by atoms with Crippen LogP contribution in [0.15, 0.2) is 34.9 Å². The standard InChI is InChI=1S/C17H23NO/c1-5-16-15(9-10-19-16)17(18-6-2)14-8-7-12(3)11-13(14)4/h7-11,17-18H,5-6H2,1-4H3. The normalized spacial score (nSPS) is 12.6. The van der Waals surface area contributed by atoms with Crippen molar-refractivity contribution in [3.8, 4) is 0 Å². The van der Waals surface area contributed by atoms with Gasteiger partial charge in [0.2, 0.25) is 0 Å². The van der Waals surface area contributed by atoms with Gasteiger partial charge in [-0.1, -0.05) is 37.6 Å². The Morgan fingerprint density at radius 1 is 1.11 bits per heavy atom. The molecule has 2 nitrogen and oxygen atoms in total. The van der Waals surface area contributed by atoms with E-state index in [2.05, 4.69) is 57.3 Å². The molecule has 0 saturated heterocycles. The maximum Gasteiger partial charge on any atom is 0.108 e. The van der Waals surface area contributed by atoms with E-state index in [1.807, 2.05) is 0 Å². The molecule has 0 aliphatic heterocycles. The van der Waals surface area contributed by atoms with Gasteiger partial charge in [0, 0.05) is 12.0 Å². The largest absolute Gasteiger partial charge is 0.469 e. The summed E-state index contributed by atoms with van der Waals surface area (Å²) in [5.74, 6) is 1.07. The van der Waals surface area contributed by atoms with Crippen LogP contribution in [0, 0.1) is 13.8 Å². The van der Waals surface area contributed by atoms with Gasteiger partial charge in [-0.2, -0.15) is 0 Å². The molecule has 1 unspecified atom stereocenters. The van der Waals surface area contributed by atoms with E-state index in [0.717, 1.165) is 18.7 Å². The van der Waals surface area contributed by atoms with Crippen LogP contribution in [0.25, 0.3) is 0 Å². The number of aryl methyl sites for hydroxylation is 3. The summed E-state index contributed by atoms with van der Waals surface area (Å²) in [6, 6.07) is 8.96. The second-order valence-corrected chi connectivity index (χ2v) is 5.00. The number of nitrogens with one attached hydrogen (secondary N) is 1. The van der Waals surface area contributed by atoms with Gasteiger partial charge in [-0.3, -0.25) is 0 Å². The first-order chi connectivity index (χ1) is 9.17. The minimum atomic E-state index is 0.222. The highest BCUT2D eigenvalue weighted by molar-refractivity contribution is 5.39. The van der Waals surface area contributed by atoms with Crippen molar-refractivity contribution in [1.82, 2.24) is 5.32 Å². The van der Waals surface area contributed by atoms with Gasteiger partial charge in [0.05, 0.1) is 12.3 Å². The van der Waals surface area contributed by atoms with E-state index in [1.165, 1.54) is 22.3 Å². The van der Waals surface area contributed by atoms with Crippen molar-refractivity contribution in [2.75, 3.05) is 6.54 Å². The zero-order valence-corrected chi connectivity index (χ0v) is 12.3. The van der Waals surface area contributed by atoms with Crippen LogP contribution in [0.2, 0.25) is 0 Å². The van der Waals surface area contributed by atoms with Gasteiger partial charge in [-0.05, 0) is 37.6 Å². The molecule has 1 aromatic carbocycles. The molecule has 1 atom stereocenters. The van der Waals surface area contributed by atoms with Gasteiger partial charge in [-0.25, -0.2) is 0 Å². The molecule has 19 heavy (non-hydrogen) atoms. The molecule has 0 aliphatic carbocycles. The lowest BCUT2D eigenvalue weighted by molar-refractivity contribution is 0.502. The first-order valence-corrected chi connectivity index (χ1v) is 7.04. The molecule has 0 aliphatic rings. The first-order valence-electron chi connectivity index (χ1n) is 7.04. The summed E-state index contributed by atoms with van der Waals surface area (Å²) in [5, 5.41) is 3.58. The van der Waals surface area contributed by atoms with Crippen LogP contribution in [-0.2, 0) is 6.42 Å². The predicted octanol–water partition coefficient (Wildman–Crippen LogP) is 4.16. The summed E-state index contributed by atoms with van der Waals surface area (Å²) in [6.07, 6.45) is 2.72. The van der Waals surface area contributed by atoms with Crippen LogP contribution >= 0.6 is 0 Å². The SMILES string of the molecule is CCNC(c1ccc(C)cc1C)c1ccoc1CC. The average Bonchev–Trinajstić information content (AvgIpc) is 2.85. The topological polar surface area (TPSA) is 25.2 Å². The molecule has 2 heteroatoms. The van der Waals surface area contributed by atoms with Crippen LogP contribution in [0.1, 0.15) is 47.9 Å². The summed E-state index contributed by atoms with van der Waals surface area (Å²) in [4.78, 5) is 0. The molecule has 0 spiro atoms. The lowest BCUT2D eigenvalue weighted by atomic mass is 9.93. The average molecular weight is 257 g/mol. The van der Waals surface area contributed by atoms with E-state index >= 15 is 0 Å². The van der Waals surface area contributed by atoms with Crippen molar-refractivity contribution in [1.29, 1.82) is 0 Å². The lowest BCUT2D eigenvalue weighted by Crippen LogP contribution is -2.23. The number of hydrogen-bond donors (Lipinski definition) is 1. The Morgan fingerprint density at radius 2 is 1.89 bits per heavy atom. The fraction of sp³-hybridized carbons (Fsp3) is 0.412. The molecule has 0 fully saturated rings. The molecule has 2 aromatic rings. The van der Waals surface area contributed by atoms with Crippen LogP contribution in [0.5, 0.6) is 0 Å². The molecular weight excluding hydrogens is 234 g/mol. The number of benzene rings is 1. The van der Waals surface area contributed by atoms with Gasteiger partial charge >= 0.3 is 0 Å². The molecule has 0 amide bonds. The minimum Gasteiger partial charge on any atom is -0.469 e. The van der Waals surface area contributed by atoms with Crippen molar-refractivity contribution in [3.63, 3.8) is 0 Å². The fourth-order valence-corrected chi connectivity index (χ4v) is 2.64. The smallest absolute Gasteiger partial charge is 0.108 e. The summed E-state index contributed by atoms with van der Waals surface area (Å²) in [5.41, 5.74) is 5.23. The Balaban J connectivity index is 2.45. The fourth-order valence-electron chi connectivity index (χ4n) is 2.64. The highest BCUT2D eigenvalue weighted by Crippen LogP contribution is 2.29.